The maximum absolute atomic E-state index is 12.5. The van der Waals surface area contributed by atoms with E-state index >= 15 is 0 Å². The van der Waals surface area contributed by atoms with Crippen LogP contribution >= 0.6 is 0 Å². The summed E-state index contributed by atoms with van der Waals surface area (Å²) < 4.78 is 16.2. The van der Waals surface area contributed by atoms with Gasteiger partial charge in [-0.1, -0.05) is 12.1 Å². The van der Waals surface area contributed by atoms with Crippen molar-refractivity contribution in [1.29, 1.82) is 0 Å². The summed E-state index contributed by atoms with van der Waals surface area (Å²) in [5.41, 5.74) is -0.170. The molecule has 3 rings (SSSR count). The normalized spacial score (nSPS) is 11.0. The van der Waals surface area contributed by atoms with Gasteiger partial charge in [-0.05, 0) is 42.8 Å². The van der Waals surface area contributed by atoms with Crippen LogP contribution < -0.4 is 20.7 Å². The van der Waals surface area contributed by atoms with Crippen molar-refractivity contribution in [3.8, 4) is 11.5 Å². The van der Waals surface area contributed by atoms with Gasteiger partial charge in [-0.3, -0.25) is 4.79 Å². The molecule has 0 amide bonds. The zero-order valence-electron chi connectivity index (χ0n) is 15.9. The van der Waals surface area contributed by atoms with E-state index in [9.17, 15) is 14.4 Å². The number of fused-ring (bicyclic) bond motifs is 1. The number of aromatic amines is 1. The summed E-state index contributed by atoms with van der Waals surface area (Å²) in [6.45, 7) is 1.72. The average molecular weight is 397 g/mol. The van der Waals surface area contributed by atoms with Gasteiger partial charge < -0.3 is 19.2 Å². The second-order valence-corrected chi connectivity index (χ2v) is 5.84. The van der Waals surface area contributed by atoms with Crippen LogP contribution in [0.4, 0.5) is 0 Å². The molecule has 1 heterocycles. The van der Waals surface area contributed by atoms with Gasteiger partial charge in [-0.25, -0.2) is 9.59 Å². The van der Waals surface area contributed by atoms with Crippen LogP contribution in [0.1, 0.15) is 12.5 Å². The third-order valence-corrected chi connectivity index (χ3v) is 3.94. The smallest absolute Gasteiger partial charge is 0.349 e. The number of ether oxygens (including phenoxy) is 3. The van der Waals surface area contributed by atoms with E-state index in [0.29, 0.717) is 28.0 Å². The van der Waals surface area contributed by atoms with Gasteiger partial charge in [0.25, 0.3) is 5.56 Å². The van der Waals surface area contributed by atoms with Gasteiger partial charge in [0, 0.05) is 0 Å². The standard InChI is InChI=1S/C20H19N3O6/c1-3-28-18(24)12-29-16-9-8-13(10-17(16)27-2)11-21-23-19(25)14-6-4-5-7-15(14)22-20(23)26/h4-11H,3,12H2,1-2H3,(H,22,26). The van der Waals surface area contributed by atoms with Crippen LogP contribution in [-0.2, 0) is 9.53 Å². The Bertz CT molecular complexity index is 1180. The summed E-state index contributed by atoms with van der Waals surface area (Å²) in [6, 6.07) is 11.5. The summed E-state index contributed by atoms with van der Waals surface area (Å²) in [4.78, 5) is 38.7. The number of hydrogen-bond donors (Lipinski definition) is 1. The maximum Gasteiger partial charge on any atom is 0.349 e. The van der Waals surface area contributed by atoms with Crippen molar-refractivity contribution in [1.82, 2.24) is 9.66 Å². The Hall–Kier alpha value is -3.88. The first kappa shape index (κ1) is 19.9. The minimum atomic E-state index is -0.647. The Labute approximate surface area is 165 Å². The van der Waals surface area contributed by atoms with Gasteiger partial charge >= 0.3 is 11.7 Å². The zero-order valence-corrected chi connectivity index (χ0v) is 15.9. The molecule has 0 unspecified atom stereocenters. The molecule has 0 aliphatic heterocycles. The number of rotatable bonds is 7. The number of hydrogen-bond acceptors (Lipinski definition) is 7. The lowest BCUT2D eigenvalue weighted by atomic mass is 10.2. The number of benzene rings is 2. The molecule has 0 saturated carbocycles. The van der Waals surface area contributed by atoms with Crippen LogP contribution in [0.3, 0.4) is 0 Å². The highest BCUT2D eigenvalue weighted by Gasteiger charge is 2.09. The fraction of sp³-hybridized carbons (Fsp3) is 0.200. The van der Waals surface area contributed by atoms with E-state index in [1.165, 1.54) is 13.3 Å². The van der Waals surface area contributed by atoms with E-state index in [2.05, 4.69) is 10.1 Å². The molecule has 9 heteroatoms. The van der Waals surface area contributed by atoms with Crippen molar-refractivity contribution < 1.29 is 19.0 Å². The largest absolute Gasteiger partial charge is 0.493 e. The van der Waals surface area contributed by atoms with Gasteiger partial charge in [0.15, 0.2) is 18.1 Å². The Morgan fingerprint density at radius 3 is 2.72 bits per heavy atom. The Balaban J connectivity index is 1.86. The second kappa shape index (κ2) is 8.87. The number of carbonyl (C=O) groups is 1. The lowest BCUT2D eigenvalue weighted by Gasteiger charge is -2.10. The number of aromatic nitrogens is 2. The summed E-state index contributed by atoms with van der Waals surface area (Å²) in [6.07, 6.45) is 1.35. The predicted octanol–water partition coefficient (Wildman–Crippen LogP) is 1.52. The van der Waals surface area contributed by atoms with Crippen LogP contribution in [0.15, 0.2) is 57.2 Å². The fourth-order valence-electron chi connectivity index (χ4n) is 2.61. The Kier molecular flexibility index (Phi) is 6.08. The molecule has 1 N–H and O–H groups in total. The Morgan fingerprint density at radius 2 is 1.97 bits per heavy atom. The summed E-state index contributed by atoms with van der Waals surface area (Å²) in [5, 5.41) is 4.35. The van der Waals surface area contributed by atoms with Crippen molar-refractivity contribution in [2.75, 3.05) is 20.3 Å². The van der Waals surface area contributed by atoms with Crippen molar-refractivity contribution in [2.24, 2.45) is 5.10 Å². The number of para-hydroxylation sites is 1. The van der Waals surface area contributed by atoms with Gasteiger partial charge in [0.05, 0.1) is 30.8 Å². The third kappa shape index (κ3) is 4.52. The highest BCUT2D eigenvalue weighted by molar-refractivity contribution is 5.81. The van der Waals surface area contributed by atoms with E-state index in [0.717, 1.165) is 4.68 Å². The molecule has 29 heavy (non-hydrogen) atoms. The van der Waals surface area contributed by atoms with Gasteiger partial charge in [-0.15, -0.1) is 4.68 Å². The molecule has 0 atom stereocenters. The molecular weight excluding hydrogens is 378 g/mol. The van der Waals surface area contributed by atoms with Crippen LogP contribution in [0, 0.1) is 0 Å². The number of methoxy groups -OCH3 is 1. The van der Waals surface area contributed by atoms with E-state index < -0.39 is 17.2 Å². The molecule has 0 bridgehead atoms. The monoisotopic (exact) mass is 397 g/mol. The fourth-order valence-corrected chi connectivity index (χ4v) is 2.61. The molecule has 0 radical (unpaired) electrons. The first-order chi connectivity index (χ1) is 14.0. The van der Waals surface area contributed by atoms with Crippen LogP contribution in [0.25, 0.3) is 10.9 Å². The van der Waals surface area contributed by atoms with E-state index in [1.54, 1.807) is 49.4 Å². The molecule has 9 nitrogen and oxygen atoms in total. The van der Waals surface area contributed by atoms with Crippen LogP contribution in [-0.4, -0.2) is 42.2 Å². The first-order valence-corrected chi connectivity index (χ1v) is 8.78. The number of nitrogens with one attached hydrogen (secondary N) is 1. The molecule has 150 valence electrons. The number of nitrogens with zero attached hydrogens (tertiary/aromatic N) is 2. The van der Waals surface area contributed by atoms with Crippen LogP contribution in [0.5, 0.6) is 11.5 Å². The molecule has 0 aliphatic rings. The number of carbonyl (C=O) groups excluding carboxylic acids is 1. The molecule has 3 aromatic rings. The minimum absolute atomic E-state index is 0.251. The predicted molar refractivity (Wildman–Crippen MR) is 107 cm³/mol. The highest BCUT2D eigenvalue weighted by atomic mass is 16.6. The third-order valence-electron chi connectivity index (χ3n) is 3.94. The lowest BCUT2D eigenvalue weighted by Crippen LogP contribution is -2.32. The Morgan fingerprint density at radius 1 is 1.17 bits per heavy atom. The summed E-state index contributed by atoms with van der Waals surface area (Å²) >= 11 is 0. The van der Waals surface area contributed by atoms with Crippen LogP contribution in [0.2, 0.25) is 0 Å². The summed E-state index contributed by atoms with van der Waals surface area (Å²) in [5.74, 6) is 0.214. The van der Waals surface area contributed by atoms with E-state index in [-0.39, 0.29) is 13.2 Å². The maximum atomic E-state index is 12.5. The molecule has 0 aliphatic carbocycles. The van der Waals surface area contributed by atoms with Gasteiger partial charge in [0.2, 0.25) is 0 Å². The second-order valence-electron chi connectivity index (χ2n) is 5.84. The highest BCUT2D eigenvalue weighted by Crippen LogP contribution is 2.27. The zero-order chi connectivity index (χ0) is 20.8. The molecule has 2 aromatic carbocycles. The number of esters is 1. The van der Waals surface area contributed by atoms with Gasteiger partial charge in [0.1, 0.15) is 0 Å². The SMILES string of the molecule is CCOC(=O)COc1ccc(C=Nn2c(=O)[nH]c3ccccc3c2=O)cc1OC. The first-order valence-electron chi connectivity index (χ1n) is 8.78. The minimum Gasteiger partial charge on any atom is -0.493 e. The average Bonchev–Trinajstić information content (AvgIpc) is 2.72. The molecule has 0 spiro atoms. The van der Waals surface area contributed by atoms with Crippen molar-refractivity contribution in [3.63, 3.8) is 0 Å². The van der Waals surface area contributed by atoms with Crippen molar-refractivity contribution in [3.05, 3.63) is 68.9 Å². The quantitative estimate of drug-likeness (QED) is 0.478. The molecule has 0 saturated heterocycles. The topological polar surface area (TPSA) is 112 Å². The van der Waals surface area contributed by atoms with Crippen molar-refractivity contribution in [2.45, 2.75) is 6.92 Å². The molecule has 0 fully saturated rings. The molecule has 1 aromatic heterocycles. The van der Waals surface area contributed by atoms with E-state index in [4.69, 9.17) is 14.2 Å². The molecular formula is C20H19N3O6. The van der Waals surface area contributed by atoms with Gasteiger partial charge in [-0.2, -0.15) is 5.10 Å². The number of H-pyrrole nitrogens is 1. The van der Waals surface area contributed by atoms with Crippen molar-refractivity contribution >= 4 is 23.1 Å². The lowest BCUT2D eigenvalue weighted by molar-refractivity contribution is -0.145. The van der Waals surface area contributed by atoms with E-state index in [1.807, 2.05) is 0 Å². The summed E-state index contributed by atoms with van der Waals surface area (Å²) in [7, 11) is 1.45.